The first kappa shape index (κ1) is 12.8. The normalized spacial score (nSPS) is 14.1. The smallest absolute Gasteiger partial charge is 0.406 e. The SMILES string of the molecule is O=C(Oc1c(F)cnc2[nH]ccc12)N1CCn2nccc2C1. The predicted molar refractivity (Wildman–Crippen MR) is 74.7 cm³/mol. The molecule has 1 N–H and O–H groups in total. The molecule has 1 amide bonds. The second kappa shape index (κ2) is 4.83. The van der Waals surface area contributed by atoms with E-state index in [4.69, 9.17) is 4.74 Å². The number of halogens is 1. The molecule has 0 atom stereocenters. The third-order valence-corrected chi connectivity index (χ3v) is 3.68. The van der Waals surface area contributed by atoms with E-state index in [2.05, 4.69) is 15.1 Å². The number of hydrogen-bond acceptors (Lipinski definition) is 4. The Kier molecular flexibility index (Phi) is 2.81. The number of pyridine rings is 1. The summed E-state index contributed by atoms with van der Waals surface area (Å²) in [6.45, 7) is 1.45. The topological polar surface area (TPSA) is 76.0 Å². The van der Waals surface area contributed by atoms with E-state index in [-0.39, 0.29) is 5.75 Å². The van der Waals surface area contributed by atoms with Crippen LogP contribution in [0.3, 0.4) is 0 Å². The lowest BCUT2D eigenvalue weighted by molar-refractivity contribution is 0.136. The minimum absolute atomic E-state index is 0.102. The summed E-state index contributed by atoms with van der Waals surface area (Å²) in [5, 5.41) is 4.59. The summed E-state index contributed by atoms with van der Waals surface area (Å²) in [5.74, 6) is -0.766. The van der Waals surface area contributed by atoms with Gasteiger partial charge in [-0.3, -0.25) is 4.68 Å². The molecule has 0 radical (unpaired) electrons. The molecule has 0 aliphatic carbocycles. The Morgan fingerprint density at radius 3 is 3.18 bits per heavy atom. The van der Waals surface area contributed by atoms with E-state index in [1.54, 1.807) is 18.5 Å². The second-order valence-electron chi connectivity index (χ2n) is 5.01. The number of nitrogens with zero attached hydrogens (tertiary/aromatic N) is 4. The number of rotatable bonds is 1. The lowest BCUT2D eigenvalue weighted by atomic mass is 10.3. The van der Waals surface area contributed by atoms with Crippen molar-refractivity contribution in [3.63, 3.8) is 0 Å². The number of carbonyl (C=O) groups is 1. The summed E-state index contributed by atoms with van der Waals surface area (Å²) >= 11 is 0. The van der Waals surface area contributed by atoms with Crippen LogP contribution in [-0.4, -0.2) is 37.3 Å². The maximum Gasteiger partial charge on any atom is 0.415 e. The quantitative estimate of drug-likeness (QED) is 0.745. The summed E-state index contributed by atoms with van der Waals surface area (Å²) in [6.07, 6.45) is 3.76. The number of nitrogens with one attached hydrogen (secondary N) is 1. The minimum Gasteiger partial charge on any atom is -0.406 e. The number of H-pyrrole nitrogens is 1. The van der Waals surface area contributed by atoms with Crippen LogP contribution in [0.5, 0.6) is 5.75 Å². The van der Waals surface area contributed by atoms with Gasteiger partial charge in [-0.15, -0.1) is 0 Å². The zero-order chi connectivity index (χ0) is 15.1. The molecule has 0 saturated carbocycles. The van der Waals surface area contributed by atoms with E-state index in [9.17, 15) is 9.18 Å². The van der Waals surface area contributed by atoms with Crippen molar-refractivity contribution in [3.05, 3.63) is 42.2 Å². The van der Waals surface area contributed by atoms with Crippen molar-refractivity contribution in [2.45, 2.75) is 13.1 Å². The van der Waals surface area contributed by atoms with Crippen LogP contribution in [0.15, 0.2) is 30.7 Å². The molecule has 8 heteroatoms. The van der Waals surface area contributed by atoms with Crippen molar-refractivity contribution in [2.75, 3.05) is 6.54 Å². The number of ether oxygens (including phenoxy) is 1. The number of aromatic amines is 1. The van der Waals surface area contributed by atoms with Crippen molar-refractivity contribution in [2.24, 2.45) is 0 Å². The maximum absolute atomic E-state index is 13.9. The number of carbonyl (C=O) groups excluding carboxylic acids is 1. The molecule has 1 aliphatic heterocycles. The van der Waals surface area contributed by atoms with Gasteiger partial charge in [0.05, 0.1) is 30.4 Å². The van der Waals surface area contributed by atoms with Crippen molar-refractivity contribution < 1.29 is 13.9 Å². The van der Waals surface area contributed by atoms with Crippen molar-refractivity contribution in [1.82, 2.24) is 24.6 Å². The van der Waals surface area contributed by atoms with Crippen LogP contribution in [0.1, 0.15) is 5.69 Å². The van der Waals surface area contributed by atoms with Crippen LogP contribution >= 0.6 is 0 Å². The fourth-order valence-electron chi connectivity index (χ4n) is 2.56. The number of aromatic nitrogens is 4. The summed E-state index contributed by atoms with van der Waals surface area (Å²) in [7, 11) is 0. The maximum atomic E-state index is 13.9. The van der Waals surface area contributed by atoms with Gasteiger partial charge < -0.3 is 14.6 Å². The average Bonchev–Trinajstić information content (AvgIpc) is 3.17. The van der Waals surface area contributed by atoms with Crippen molar-refractivity contribution in [1.29, 1.82) is 0 Å². The zero-order valence-electron chi connectivity index (χ0n) is 11.5. The minimum atomic E-state index is -0.664. The molecule has 7 nitrogen and oxygen atoms in total. The first-order chi connectivity index (χ1) is 10.7. The Labute approximate surface area is 124 Å². The largest absolute Gasteiger partial charge is 0.415 e. The molecule has 3 aromatic heterocycles. The molecule has 1 aliphatic rings. The van der Waals surface area contributed by atoms with Crippen LogP contribution in [-0.2, 0) is 13.1 Å². The Bertz CT molecular complexity index is 856. The molecule has 112 valence electrons. The van der Waals surface area contributed by atoms with E-state index < -0.39 is 11.9 Å². The third kappa shape index (κ3) is 2.00. The zero-order valence-corrected chi connectivity index (χ0v) is 11.5. The Morgan fingerprint density at radius 1 is 1.36 bits per heavy atom. The van der Waals surface area contributed by atoms with Crippen molar-refractivity contribution in [3.8, 4) is 5.75 Å². The Morgan fingerprint density at radius 2 is 2.27 bits per heavy atom. The van der Waals surface area contributed by atoms with Gasteiger partial charge in [-0.2, -0.15) is 5.10 Å². The van der Waals surface area contributed by atoms with Gasteiger partial charge in [0, 0.05) is 18.9 Å². The van der Waals surface area contributed by atoms with Crippen LogP contribution < -0.4 is 4.74 Å². The molecular formula is C14H12FN5O2. The highest BCUT2D eigenvalue weighted by atomic mass is 19.1. The molecule has 3 aromatic rings. The molecule has 0 saturated heterocycles. The summed E-state index contributed by atoms with van der Waals surface area (Å²) < 4.78 is 21.0. The molecule has 0 fully saturated rings. The fourth-order valence-corrected chi connectivity index (χ4v) is 2.56. The van der Waals surface area contributed by atoms with E-state index in [1.807, 2.05) is 10.7 Å². The van der Waals surface area contributed by atoms with E-state index in [0.717, 1.165) is 11.9 Å². The van der Waals surface area contributed by atoms with Gasteiger partial charge in [-0.05, 0) is 12.1 Å². The van der Waals surface area contributed by atoms with Gasteiger partial charge in [0.1, 0.15) is 5.65 Å². The van der Waals surface area contributed by atoms with E-state index >= 15 is 0 Å². The molecule has 22 heavy (non-hydrogen) atoms. The first-order valence-electron chi connectivity index (χ1n) is 6.81. The highest BCUT2D eigenvalue weighted by Crippen LogP contribution is 2.27. The number of amides is 1. The van der Waals surface area contributed by atoms with Crippen LogP contribution in [0.2, 0.25) is 0 Å². The van der Waals surface area contributed by atoms with Gasteiger partial charge in [0.2, 0.25) is 0 Å². The summed E-state index contributed by atoms with van der Waals surface area (Å²) in [5.41, 5.74) is 1.39. The molecule has 4 rings (SSSR count). The summed E-state index contributed by atoms with van der Waals surface area (Å²) in [6, 6.07) is 3.47. The highest BCUT2D eigenvalue weighted by molar-refractivity contribution is 5.85. The standard InChI is InChI=1S/C14H12FN5O2/c15-11-7-17-13-10(2-3-16-13)12(11)22-14(21)19-5-6-20-9(8-19)1-4-18-20/h1-4,7H,5-6,8H2,(H,16,17). The van der Waals surface area contributed by atoms with Gasteiger partial charge in [0.15, 0.2) is 11.6 Å². The lowest BCUT2D eigenvalue weighted by Gasteiger charge is -2.26. The Hall–Kier alpha value is -2.90. The molecule has 0 aromatic carbocycles. The van der Waals surface area contributed by atoms with E-state index in [0.29, 0.717) is 30.7 Å². The summed E-state index contributed by atoms with van der Waals surface area (Å²) in [4.78, 5) is 20.6. The number of hydrogen-bond donors (Lipinski definition) is 1. The third-order valence-electron chi connectivity index (χ3n) is 3.68. The molecule has 0 unspecified atom stereocenters. The van der Waals surface area contributed by atoms with Crippen LogP contribution in [0.25, 0.3) is 11.0 Å². The van der Waals surface area contributed by atoms with Gasteiger partial charge in [-0.25, -0.2) is 14.2 Å². The molecule has 0 bridgehead atoms. The van der Waals surface area contributed by atoms with Crippen LogP contribution in [0, 0.1) is 5.82 Å². The van der Waals surface area contributed by atoms with E-state index in [1.165, 1.54) is 4.90 Å². The monoisotopic (exact) mass is 301 g/mol. The second-order valence-corrected chi connectivity index (χ2v) is 5.01. The predicted octanol–water partition coefficient (Wildman–Crippen LogP) is 1.91. The Balaban J connectivity index is 1.59. The van der Waals surface area contributed by atoms with Crippen LogP contribution in [0.4, 0.5) is 9.18 Å². The number of fused-ring (bicyclic) bond motifs is 2. The highest BCUT2D eigenvalue weighted by Gasteiger charge is 2.24. The van der Waals surface area contributed by atoms with Gasteiger partial charge in [0.25, 0.3) is 0 Å². The lowest BCUT2D eigenvalue weighted by Crippen LogP contribution is -2.40. The fraction of sp³-hybridized carbons (Fsp3) is 0.214. The molecular weight excluding hydrogens is 289 g/mol. The van der Waals surface area contributed by atoms with Gasteiger partial charge in [-0.1, -0.05) is 0 Å². The molecule has 4 heterocycles. The molecule has 0 spiro atoms. The van der Waals surface area contributed by atoms with Gasteiger partial charge >= 0.3 is 6.09 Å². The van der Waals surface area contributed by atoms with Crippen molar-refractivity contribution >= 4 is 17.1 Å². The average molecular weight is 301 g/mol. The first-order valence-corrected chi connectivity index (χ1v) is 6.81.